The van der Waals surface area contributed by atoms with Gasteiger partial charge in [-0.15, -0.1) is 0 Å². The monoisotopic (exact) mass is 534 g/mol. The minimum atomic E-state index is -0.289. The highest BCUT2D eigenvalue weighted by Gasteiger charge is 2.21. The molecule has 1 fully saturated rings. The fourth-order valence-electron chi connectivity index (χ4n) is 4.78. The van der Waals surface area contributed by atoms with Crippen molar-refractivity contribution in [3.05, 3.63) is 95.4 Å². The van der Waals surface area contributed by atoms with Gasteiger partial charge in [-0.3, -0.25) is 14.9 Å². The summed E-state index contributed by atoms with van der Waals surface area (Å²) in [7, 11) is 2.13. The first-order valence-corrected chi connectivity index (χ1v) is 13.2. The molecule has 202 valence electrons. The molecule has 0 aliphatic carbocycles. The normalized spacial score (nSPS) is 16.7. The van der Waals surface area contributed by atoms with Gasteiger partial charge < -0.3 is 25.4 Å². The smallest absolute Gasteiger partial charge is 0.276 e. The van der Waals surface area contributed by atoms with Crippen LogP contribution < -0.4 is 20.9 Å². The van der Waals surface area contributed by atoms with E-state index >= 15 is 0 Å². The minimum Gasteiger partial charge on any atom is -0.369 e. The second-order valence-electron chi connectivity index (χ2n) is 9.94. The molecule has 2 aromatic carbocycles. The lowest BCUT2D eigenvalue weighted by Crippen LogP contribution is -2.44. The van der Waals surface area contributed by atoms with Crippen LogP contribution in [0.5, 0.6) is 0 Å². The number of H-pyrrole nitrogens is 1. The average Bonchev–Trinajstić information content (AvgIpc) is 3.55. The predicted molar refractivity (Wildman–Crippen MR) is 157 cm³/mol. The molecule has 0 atom stereocenters. The number of piperazine rings is 1. The largest absolute Gasteiger partial charge is 0.369 e. The van der Waals surface area contributed by atoms with Crippen LogP contribution >= 0.6 is 0 Å². The zero-order valence-corrected chi connectivity index (χ0v) is 22.1. The number of nitrogens with zero attached hydrogens (tertiary/aromatic N) is 4. The summed E-state index contributed by atoms with van der Waals surface area (Å²) in [6.45, 7) is 4.55. The molecule has 6 rings (SSSR count). The van der Waals surface area contributed by atoms with Crippen LogP contribution in [0.3, 0.4) is 0 Å². The molecule has 10 nitrogen and oxygen atoms in total. The molecule has 4 N–H and O–H groups in total. The number of aromatic nitrogens is 2. The number of aromatic amines is 1. The first-order chi connectivity index (χ1) is 19.5. The number of nitrogens with one attached hydrogen (secondary N) is 4. The van der Waals surface area contributed by atoms with Gasteiger partial charge in [0.1, 0.15) is 11.3 Å². The Kier molecular flexibility index (Phi) is 6.98. The molecule has 1 saturated heterocycles. The summed E-state index contributed by atoms with van der Waals surface area (Å²) >= 11 is 0. The Morgan fingerprint density at radius 2 is 1.82 bits per heavy atom. The lowest BCUT2D eigenvalue weighted by molar-refractivity contribution is -0.115. The van der Waals surface area contributed by atoms with Gasteiger partial charge in [-0.05, 0) is 49.0 Å². The number of fused-ring (bicyclic) bond motifs is 1. The van der Waals surface area contributed by atoms with Crippen molar-refractivity contribution >= 4 is 46.3 Å². The van der Waals surface area contributed by atoms with E-state index in [0.29, 0.717) is 29.4 Å². The SMILES string of the molecule is CN1CCN(c2ccc(C(=O)Nc3cnc4[nH]cc(C=C5N=C(NCc6ccccc6)NC5=O)c4c3)cc2)CC1. The Morgan fingerprint density at radius 3 is 2.60 bits per heavy atom. The van der Waals surface area contributed by atoms with Gasteiger partial charge in [0.05, 0.1) is 11.9 Å². The Labute approximate surface area is 231 Å². The van der Waals surface area contributed by atoms with Gasteiger partial charge in [-0.25, -0.2) is 9.98 Å². The molecule has 2 aliphatic heterocycles. The molecular weight excluding hydrogens is 504 g/mol. The first-order valence-electron chi connectivity index (χ1n) is 13.2. The van der Waals surface area contributed by atoms with E-state index in [0.717, 1.165) is 48.4 Å². The number of likely N-dealkylation sites (N-methyl/N-ethyl adjacent to an activating group) is 1. The molecule has 0 radical (unpaired) electrons. The van der Waals surface area contributed by atoms with Crippen molar-refractivity contribution in [1.29, 1.82) is 0 Å². The summed E-state index contributed by atoms with van der Waals surface area (Å²) in [5, 5.41) is 9.62. The molecule has 2 amide bonds. The van der Waals surface area contributed by atoms with Gasteiger partial charge in [-0.2, -0.15) is 0 Å². The number of carbonyl (C=O) groups is 2. The van der Waals surface area contributed by atoms with Crippen molar-refractivity contribution in [1.82, 2.24) is 25.5 Å². The molecule has 2 aromatic heterocycles. The van der Waals surface area contributed by atoms with Crippen molar-refractivity contribution in [3.63, 3.8) is 0 Å². The van der Waals surface area contributed by atoms with Gasteiger partial charge in [0.2, 0.25) is 5.96 Å². The average molecular weight is 535 g/mol. The Hall–Kier alpha value is -4.96. The van der Waals surface area contributed by atoms with E-state index in [1.54, 1.807) is 18.5 Å². The van der Waals surface area contributed by atoms with Crippen LogP contribution in [0, 0.1) is 0 Å². The third kappa shape index (κ3) is 5.57. The van der Waals surface area contributed by atoms with E-state index < -0.39 is 0 Å². The number of aliphatic imine (C=N–C) groups is 1. The van der Waals surface area contributed by atoms with Crippen LogP contribution in [-0.2, 0) is 11.3 Å². The number of carbonyl (C=O) groups excluding carboxylic acids is 2. The Morgan fingerprint density at radius 1 is 1.05 bits per heavy atom. The number of pyridine rings is 1. The lowest BCUT2D eigenvalue weighted by Gasteiger charge is -2.34. The van der Waals surface area contributed by atoms with E-state index in [4.69, 9.17) is 0 Å². The molecule has 2 aliphatic rings. The summed E-state index contributed by atoms with van der Waals surface area (Å²) in [5.41, 5.74) is 5.01. The maximum Gasteiger partial charge on any atom is 0.276 e. The number of hydrogen-bond acceptors (Lipinski definition) is 7. The maximum atomic E-state index is 13.0. The number of anilines is 2. The van der Waals surface area contributed by atoms with Crippen molar-refractivity contribution in [2.45, 2.75) is 6.54 Å². The number of guanidine groups is 1. The zero-order chi connectivity index (χ0) is 27.5. The second-order valence-corrected chi connectivity index (χ2v) is 9.94. The Bertz CT molecular complexity index is 1600. The molecule has 0 saturated carbocycles. The van der Waals surface area contributed by atoms with Crippen molar-refractivity contribution in [2.75, 3.05) is 43.4 Å². The molecule has 10 heteroatoms. The van der Waals surface area contributed by atoms with Crippen molar-refractivity contribution in [2.24, 2.45) is 4.99 Å². The topological polar surface area (TPSA) is 118 Å². The molecular formula is C30H30N8O2. The van der Waals surface area contributed by atoms with Crippen LogP contribution in [0.2, 0.25) is 0 Å². The van der Waals surface area contributed by atoms with Crippen LogP contribution in [0.15, 0.2) is 83.7 Å². The van der Waals surface area contributed by atoms with E-state index in [9.17, 15) is 9.59 Å². The zero-order valence-electron chi connectivity index (χ0n) is 22.1. The third-order valence-corrected chi connectivity index (χ3v) is 7.11. The van der Waals surface area contributed by atoms with Gasteiger partial charge in [-0.1, -0.05) is 30.3 Å². The summed E-state index contributed by atoms with van der Waals surface area (Å²) < 4.78 is 0. The summed E-state index contributed by atoms with van der Waals surface area (Å²) in [4.78, 5) is 42.1. The highest BCUT2D eigenvalue weighted by Crippen LogP contribution is 2.24. The second kappa shape index (κ2) is 11.0. The van der Waals surface area contributed by atoms with Gasteiger partial charge in [0, 0.05) is 61.1 Å². The van der Waals surface area contributed by atoms with E-state index in [1.807, 2.05) is 60.7 Å². The van der Waals surface area contributed by atoms with Crippen LogP contribution in [0.25, 0.3) is 17.1 Å². The quantitative estimate of drug-likeness (QED) is 0.282. The van der Waals surface area contributed by atoms with E-state index in [2.05, 4.69) is 47.8 Å². The highest BCUT2D eigenvalue weighted by atomic mass is 16.2. The van der Waals surface area contributed by atoms with Crippen molar-refractivity contribution in [3.8, 4) is 0 Å². The molecule has 0 spiro atoms. The molecule has 4 heterocycles. The number of hydrogen-bond donors (Lipinski definition) is 4. The molecule has 40 heavy (non-hydrogen) atoms. The number of amides is 2. The van der Waals surface area contributed by atoms with E-state index in [-0.39, 0.29) is 17.5 Å². The van der Waals surface area contributed by atoms with Crippen molar-refractivity contribution < 1.29 is 9.59 Å². The van der Waals surface area contributed by atoms with E-state index in [1.165, 1.54) is 0 Å². The minimum absolute atomic E-state index is 0.213. The Balaban J connectivity index is 1.14. The third-order valence-electron chi connectivity index (χ3n) is 7.11. The number of rotatable bonds is 6. The fraction of sp³-hybridized carbons (Fsp3) is 0.200. The van der Waals surface area contributed by atoms with Gasteiger partial charge in [0.25, 0.3) is 11.8 Å². The first kappa shape index (κ1) is 25.3. The van der Waals surface area contributed by atoms with Crippen LogP contribution in [-0.4, -0.2) is 65.9 Å². The van der Waals surface area contributed by atoms with Gasteiger partial charge >= 0.3 is 0 Å². The summed E-state index contributed by atoms with van der Waals surface area (Å²) in [6, 6.07) is 19.4. The fourth-order valence-corrected chi connectivity index (χ4v) is 4.78. The van der Waals surface area contributed by atoms with Gasteiger partial charge in [0.15, 0.2) is 0 Å². The number of benzene rings is 2. The highest BCUT2D eigenvalue weighted by molar-refractivity contribution is 6.14. The van der Waals surface area contributed by atoms with Crippen LogP contribution in [0.1, 0.15) is 21.5 Å². The summed E-state index contributed by atoms with van der Waals surface area (Å²) in [5.74, 6) is -0.0950. The molecule has 0 unspecified atom stereocenters. The predicted octanol–water partition coefficient (Wildman–Crippen LogP) is 3.18. The van der Waals surface area contributed by atoms with Crippen LogP contribution in [0.4, 0.5) is 11.4 Å². The summed E-state index contributed by atoms with van der Waals surface area (Å²) in [6.07, 6.45) is 5.08. The molecule has 0 bridgehead atoms. The molecule has 4 aromatic rings. The maximum absolute atomic E-state index is 13.0. The standard InChI is InChI=1S/C30H30N8O2/c1-37-11-13-38(14-12-37)24-9-7-21(8-10-24)28(39)34-23-16-25-22(18-31-27(25)32-19-23)15-26-29(40)36-30(35-26)33-17-20-5-3-2-4-6-20/h2-10,15-16,18-19H,11-14,17H2,1H3,(H,31,32)(H,34,39)(H2,33,35,36,40). The lowest BCUT2D eigenvalue weighted by atomic mass is 10.1.